The molecule has 1 heterocycles. The Kier molecular flexibility index (Phi) is 4.76. The van der Waals surface area contributed by atoms with Gasteiger partial charge in [-0.2, -0.15) is 0 Å². The third-order valence-corrected chi connectivity index (χ3v) is 3.84. The number of amides is 1. The molecule has 0 aliphatic heterocycles. The fraction of sp³-hybridized carbons (Fsp3) is 0.538. The molecule has 0 radical (unpaired) electrons. The highest BCUT2D eigenvalue weighted by atomic mass is 79.9. The quantitative estimate of drug-likeness (QED) is 0.889. The molecule has 0 bridgehead atoms. The Labute approximate surface area is 121 Å². The second kappa shape index (κ2) is 6.34. The molecule has 2 N–H and O–H groups in total. The predicted molar refractivity (Wildman–Crippen MR) is 77.4 cm³/mol. The van der Waals surface area contributed by atoms with Gasteiger partial charge >= 0.3 is 0 Å². The summed E-state index contributed by atoms with van der Waals surface area (Å²) in [6, 6.07) is 1.85. The Morgan fingerprint density at radius 1 is 1.53 bits per heavy atom. The predicted octanol–water partition coefficient (Wildman–Crippen LogP) is 2.18. The molecule has 6 heteroatoms. The number of rotatable bonds is 4. The van der Waals surface area contributed by atoms with Crippen LogP contribution in [0, 0.1) is 0 Å². The van der Waals surface area contributed by atoms with Crippen LogP contribution in [0.1, 0.15) is 29.6 Å². The molecular weight excluding hydrogens is 310 g/mol. The lowest BCUT2D eigenvalue weighted by atomic mass is 10.1. The number of halogens is 1. The first-order chi connectivity index (χ1) is 9.15. The highest BCUT2D eigenvalue weighted by molar-refractivity contribution is 9.10. The minimum atomic E-state index is -0.118. The number of pyridine rings is 1. The maximum Gasteiger partial charge on any atom is 0.255 e. The summed E-state index contributed by atoms with van der Waals surface area (Å²) in [5.41, 5.74) is 0.540. The first-order valence-corrected chi connectivity index (χ1v) is 7.12. The lowest BCUT2D eigenvalue weighted by molar-refractivity contribution is 0.0722. The van der Waals surface area contributed by atoms with Crippen LogP contribution in [0.5, 0.6) is 0 Å². The molecule has 1 aromatic heterocycles. The van der Waals surface area contributed by atoms with E-state index in [1.54, 1.807) is 26.4 Å². The van der Waals surface area contributed by atoms with Crippen LogP contribution >= 0.6 is 15.9 Å². The van der Waals surface area contributed by atoms with E-state index in [1.165, 1.54) is 0 Å². The third-order valence-electron chi connectivity index (χ3n) is 3.41. The molecule has 104 valence electrons. The first-order valence-electron chi connectivity index (χ1n) is 6.32. The van der Waals surface area contributed by atoms with Crippen LogP contribution in [0.2, 0.25) is 0 Å². The monoisotopic (exact) mass is 327 g/mol. The van der Waals surface area contributed by atoms with Crippen molar-refractivity contribution >= 4 is 27.7 Å². The number of ether oxygens (including phenoxy) is 1. The maximum atomic E-state index is 12.3. The van der Waals surface area contributed by atoms with Gasteiger partial charge in [-0.05, 0) is 41.3 Å². The van der Waals surface area contributed by atoms with E-state index in [4.69, 9.17) is 4.74 Å². The summed E-state index contributed by atoms with van der Waals surface area (Å²) in [6.45, 7) is 0. The Bertz CT molecular complexity index is 467. The smallest absolute Gasteiger partial charge is 0.255 e. The molecule has 0 saturated heterocycles. The highest BCUT2D eigenvalue weighted by Gasteiger charge is 2.29. The van der Waals surface area contributed by atoms with E-state index >= 15 is 0 Å². The number of anilines is 1. The molecule has 2 rings (SSSR count). The van der Waals surface area contributed by atoms with E-state index in [-0.39, 0.29) is 18.1 Å². The topological polar surface area (TPSA) is 63.2 Å². The summed E-state index contributed by atoms with van der Waals surface area (Å²) >= 11 is 3.34. The van der Waals surface area contributed by atoms with Crippen LogP contribution in [0.25, 0.3) is 0 Å². The van der Waals surface area contributed by atoms with Crippen molar-refractivity contribution in [2.75, 3.05) is 19.5 Å². The lowest BCUT2D eigenvalue weighted by Gasteiger charge is -2.20. The summed E-state index contributed by atoms with van der Waals surface area (Å²) in [5, 5.41) is 5.96. The number of nitrogens with one attached hydrogen (secondary N) is 2. The van der Waals surface area contributed by atoms with Crippen molar-refractivity contribution in [1.82, 2.24) is 10.3 Å². The van der Waals surface area contributed by atoms with Gasteiger partial charge < -0.3 is 15.4 Å². The fourth-order valence-corrected chi connectivity index (χ4v) is 2.76. The van der Waals surface area contributed by atoms with Crippen LogP contribution in [-0.4, -0.2) is 37.2 Å². The number of methoxy groups -OCH3 is 1. The third kappa shape index (κ3) is 3.25. The SMILES string of the molecule is CNc1ncc(Br)cc1C(=O)NC1CCCC1OC. The summed E-state index contributed by atoms with van der Waals surface area (Å²) in [5.74, 6) is 0.458. The zero-order chi connectivity index (χ0) is 13.8. The Balaban J connectivity index is 2.13. The van der Waals surface area contributed by atoms with Crippen molar-refractivity contribution in [3.05, 3.63) is 22.3 Å². The van der Waals surface area contributed by atoms with Gasteiger partial charge in [-0.1, -0.05) is 0 Å². The van der Waals surface area contributed by atoms with E-state index in [9.17, 15) is 4.79 Å². The second-order valence-electron chi connectivity index (χ2n) is 4.58. The Hall–Kier alpha value is -1.14. The molecule has 2 atom stereocenters. The molecule has 1 aliphatic carbocycles. The molecule has 1 aromatic rings. The summed E-state index contributed by atoms with van der Waals surface area (Å²) < 4.78 is 6.17. The average molecular weight is 328 g/mol. The average Bonchev–Trinajstić information content (AvgIpc) is 2.85. The zero-order valence-electron chi connectivity index (χ0n) is 11.1. The van der Waals surface area contributed by atoms with Crippen molar-refractivity contribution in [3.8, 4) is 0 Å². The van der Waals surface area contributed by atoms with Crippen molar-refractivity contribution < 1.29 is 9.53 Å². The summed E-state index contributed by atoms with van der Waals surface area (Å²) in [4.78, 5) is 16.5. The van der Waals surface area contributed by atoms with Gasteiger partial charge in [0.15, 0.2) is 0 Å². The van der Waals surface area contributed by atoms with Crippen molar-refractivity contribution in [3.63, 3.8) is 0 Å². The standard InChI is InChI=1S/C13H18BrN3O2/c1-15-12-9(6-8(14)7-16-12)13(18)17-10-4-3-5-11(10)19-2/h6-7,10-11H,3-5H2,1-2H3,(H,15,16)(H,17,18). The van der Waals surface area contributed by atoms with Gasteiger partial charge in [0.1, 0.15) is 5.82 Å². The highest BCUT2D eigenvalue weighted by Crippen LogP contribution is 2.23. The summed E-state index contributed by atoms with van der Waals surface area (Å²) in [7, 11) is 3.44. The van der Waals surface area contributed by atoms with Gasteiger partial charge in [0, 0.05) is 24.8 Å². The number of hydrogen-bond donors (Lipinski definition) is 2. The number of carbonyl (C=O) groups is 1. The molecular formula is C13H18BrN3O2. The molecule has 2 unspecified atom stereocenters. The molecule has 1 saturated carbocycles. The first kappa shape index (κ1) is 14.3. The van der Waals surface area contributed by atoms with E-state index in [0.29, 0.717) is 11.4 Å². The Morgan fingerprint density at radius 2 is 2.32 bits per heavy atom. The van der Waals surface area contributed by atoms with Gasteiger partial charge in [0.05, 0.1) is 17.7 Å². The zero-order valence-corrected chi connectivity index (χ0v) is 12.7. The normalized spacial score (nSPS) is 22.3. The van der Waals surface area contributed by atoms with E-state index < -0.39 is 0 Å². The van der Waals surface area contributed by atoms with Crippen molar-refractivity contribution in [2.45, 2.75) is 31.4 Å². The van der Waals surface area contributed by atoms with Gasteiger partial charge in [-0.3, -0.25) is 4.79 Å². The van der Waals surface area contributed by atoms with Crippen LogP contribution < -0.4 is 10.6 Å². The van der Waals surface area contributed by atoms with E-state index in [1.807, 2.05) is 0 Å². The van der Waals surface area contributed by atoms with E-state index in [0.717, 1.165) is 23.7 Å². The van der Waals surface area contributed by atoms with Crippen LogP contribution in [0.15, 0.2) is 16.7 Å². The minimum absolute atomic E-state index is 0.0844. The maximum absolute atomic E-state index is 12.3. The number of aromatic nitrogens is 1. The fourth-order valence-electron chi connectivity index (χ4n) is 2.43. The molecule has 5 nitrogen and oxygen atoms in total. The van der Waals surface area contributed by atoms with Gasteiger partial charge in [-0.25, -0.2) is 4.98 Å². The second-order valence-corrected chi connectivity index (χ2v) is 5.50. The van der Waals surface area contributed by atoms with Gasteiger partial charge in [-0.15, -0.1) is 0 Å². The van der Waals surface area contributed by atoms with Gasteiger partial charge in [0.25, 0.3) is 5.91 Å². The molecule has 0 aromatic carbocycles. The minimum Gasteiger partial charge on any atom is -0.379 e. The molecule has 0 spiro atoms. The number of carbonyl (C=O) groups excluding carboxylic acids is 1. The molecule has 1 amide bonds. The van der Waals surface area contributed by atoms with Crippen LogP contribution in [0.4, 0.5) is 5.82 Å². The lowest BCUT2D eigenvalue weighted by Crippen LogP contribution is -2.41. The number of nitrogens with zero attached hydrogens (tertiary/aromatic N) is 1. The molecule has 1 aliphatic rings. The van der Waals surface area contributed by atoms with Crippen molar-refractivity contribution in [2.24, 2.45) is 0 Å². The molecule has 1 fully saturated rings. The number of hydrogen-bond acceptors (Lipinski definition) is 4. The van der Waals surface area contributed by atoms with Crippen LogP contribution in [-0.2, 0) is 4.74 Å². The van der Waals surface area contributed by atoms with Crippen LogP contribution in [0.3, 0.4) is 0 Å². The van der Waals surface area contributed by atoms with E-state index in [2.05, 4.69) is 31.5 Å². The summed E-state index contributed by atoms with van der Waals surface area (Å²) in [6.07, 6.45) is 4.81. The van der Waals surface area contributed by atoms with Crippen molar-refractivity contribution in [1.29, 1.82) is 0 Å². The largest absolute Gasteiger partial charge is 0.379 e. The Morgan fingerprint density at radius 3 is 3.00 bits per heavy atom. The molecule has 19 heavy (non-hydrogen) atoms. The van der Waals surface area contributed by atoms with Gasteiger partial charge in [0.2, 0.25) is 0 Å².